The SMILES string of the molecule is O=[SH](=O)Cc1[c]c(-c2ccccc2)ccc1. The second-order valence-corrected chi connectivity index (χ2v) is 4.43. The van der Waals surface area contributed by atoms with E-state index in [9.17, 15) is 8.42 Å². The lowest BCUT2D eigenvalue weighted by Crippen LogP contribution is -1.88. The Bertz CT molecular complexity index is 537. The quantitative estimate of drug-likeness (QED) is 0.822. The van der Waals surface area contributed by atoms with Crippen molar-refractivity contribution in [3.05, 3.63) is 60.2 Å². The van der Waals surface area contributed by atoms with Gasteiger partial charge in [-0.3, -0.25) is 0 Å². The summed E-state index contributed by atoms with van der Waals surface area (Å²) in [5, 5.41) is 0. The first-order valence-electron chi connectivity index (χ1n) is 4.94. The number of hydrogen-bond donors (Lipinski definition) is 1. The van der Waals surface area contributed by atoms with Crippen LogP contribution in [0.5, 0.6) is 0 Å². The van der Waals surface area contributed by atoms with Crippen molar-refractivity contribution in [2.75, 3.05) is 0 Å². The van der Waals surface area contributed by atoms with E-state index in [0.29, 0.717) is 5.56 Å². The molecule has 0 saturated heterocycles. The highest BCUT2D eigenvalue weighted by Crippen LogP contribution is 2.19. The van der Waals surface area contributed by atoms with Crippen LogP contribution in [0.3, 0.4) is 0 Å². The van der Waals surface area contributed by atoms with E-state index < -0.39 is 10.7 Å². The Morgan fingerprint density at radius 1 is 0.938 bits per heavy atom. The molecular weight excluding hydrogens is 220 g/mol. The van der Waals surface area contributed by atoms with Gasteiger partial charge in [0, 0.05) is 0 Å². The molecule has 2 rings (SSSR count). The van der Waals surface area contributed by atoms with Crippen LogP contribution in [0.25, 0.3) is 11.1 Å². The maximum Gasteiger partial charge on any atom is 0.144 e. The maximum atomic E-state index is 10.6. The third-order valence-corrected chi connectivity index (χ3v) is 2.84. The molecule has 3 heteroatoms. The summed E-state index contributed by atoms with van der Waals surface area (Å²) in [5.74, 6) is 0.0516. The van der Waals surface area contributed by atoms with Gasteiger partial charge >= 0.3 is 0 Å². The van der Waals surface area contributed by atoms with Gasteiger partial charge in [0.05, 0.1) is 5.75 Å². The molecule has 0 saturated carbocycles. The fraction of sp³-hybridized carbons (Fsp3) is 0.0769. The van der Waals surface area contributed by atoms with Crippen LogP contribution in [0.15, 0.2) is 48.5 Å². The van der Waals surface area contributed by atoms with Gasteiger partial charge in [0.1, 0.15) is 10.7 Å². The van der Waals surface area contributed by atoms with Crippen molar-refractivity contribution < 1.29 is 8.42 Å². The molecule has 2 nitrogen and oxygen atoms in total. The fourth-order valence-electron chi connectivity index (χ4n) is 1.53. The van der Waals surface area contributed by atoms with Crippen molar-refractivity contribution in [3.8, 4) is 11.1 Å². The monoisotopic (exact) mass is 231 g/mol. The van der Waals surface area contributed by atoms with Crippen molar-refractivity contribution in [1.82, 2.24) is 0 Å². The van der Waals surface area contributed by atoms with E-state index in [2.05, 4.69) is 6.07 Å². The first-order valence-corrected chi connectivity index (χ1v) is 6.30. The second-order valence-electron chi connectivity index (χ2n) is 3.45. The summed E-state index contributed by atoms with van der Waals surface area (Å²) in [5.41, 5.74) is 2.68. The van der Waals surface area contributed by atoms with E-state index in [1.807, 2.05) is 42.5 Å². The van der Waals surface area contributed by atoms with Crippen LogP contribution in [0.1, 0.15) is 5.56 Å². The van der Waals surface area contributed by atoms with Crippen LogP contribution < -0.4 is 0 Å². The van der Waals surface area contributed by atoms with Crippen LogP contribution in [0.4, 0.5) is 0 Å². The molecule has 0 N–H and O–H groups in total. The zero-order valence-corrected chi connectivity index (χ0v) is 9.48. The second kappa shape index (κ2) is 4.94. The molecule has 0 amide bonds. The predicted molar refractivity (Wildman–Crippen MR) is 64.7 cm³/mol. The van der Waals surface area contributed by atoms with E-state index in [1.54, 1.807) is 6.07 Å². The topological polar surface area (TPSA) is 34.1 Å². The lowest BCUT2D eigenvalue weighted by molar-refractivity contribution is 0.614. The van der Waals surface area contributed by atoms with Crippen molar-refractivity contribution >= 4 is 10.7 Å². The molecule has 81 valence electrons. The lowest BCUT2D eigenvalue weighted by atomic mass is 10.0. The summed E-state index contributed by atoms with van der Waals surface area (Å²) in [7, 11) is -2.39. The van der Waals surface area contributed by atoms with Gasteiger partial charge in [0.2, 0.25) is 0 Å². The number of rotatable bonds is 3. The molecule has 0 heterocycles. The largest absolute Gasteiger partial charge is 0.232 e. The first-order chi connectivity index (χ1) is 7.75. The van der Waals surface area contributed by atoms with Gasteiger partial charge in [-0.1, -0.05) is 48.5 Å². The minimum absolute atomic E-state index is 0.0516. The van der Waals surface area contributed by atoms with Gasteiger partial charge in [-0.05, 0) is 22.8 Å². The third kappa shape index (κ3) is 2.70. The molecule has 0 fully saturated rings. The smallest absolute Gasteiger partial charge is 0.144 e. The zero-order chi connectivity index (χ0) is 11.4. The van der Waals surface area contributed by atoms with E-state index in [4.69, 9.17) is 0 Å². The summed E-state index contributed by atoms with van der Waals surface area (Å²) in [6.07, 6.45) is 0. The summed E-state index contributed by atoms with van der Waals surface area (Å²) < 4.78 is 21.3. The Kier molecular flexibility index (Phi) is 3.37. The molecule has 0 aliphatic rings. The molecule has 0 atom stereocenters. The van der Waals surface area contributed by atoms with E-state index in [-0.39, 0.29) is 5.75 Å². The molecule has 0 unspecified atom stereocenters. The summed E-state index contributed by atoms with van der Waals surface area (Å²) >= 11 is 0. The maximum absolute atomic E-state index is 10.6. The van der Waals surface area contributed by atoms with Crippen molar-refractivity contribution in [1.29, 1.82) is 0 Å². The molecule has 2 aromatic rings. The number of hydrogen-bond acceptors (Lipinski definition) is 2. The predicted octanol–water partition coefficient (Wildman–Crippen LogP) is 2.27. The molecule has 0 aromatic heterocycles. The molecule has 16 heavy (non-hydrogen) atoms. The van der Waals surface area contributed by atoms with Gasteiger partial charge in [-0.15, -0.1) is 0 Å². The molecule has 2 aromatic carbocycles. The number of thiol groups is 1. The molecule has 1 radical (unpaired) electrons. The first kappa shape index (κ1) is 10.9. The standard InChI is InChI=1S/C13H11O2S/c14-16(15)10-11-5-4-8-13(9-11)12-6-2-1-3-7-12/h1-8,16H,10H2. The van der Waals surface area contributed by atoms with Gasteiger partial charge in [-0.2, -0.15) is 0 Å². The molecule has 0 spiro atoms. The van der Waals surface area contributed by atoms with Crippen LogP contribution >= 0.6 is 0 Å². The Hall–Kier alpha value is -1.61. The average Bonchev–Trinajstić information content (AvgIpc) is 2.30. The van der Waals surface area contributed by atoms with E-state index in [0.717, 1.165) is 11.1 Å². The fourth-order valence-corrected chi connectivity index (χ4v) is 2.00. The molecule has 0 aliphatic heterocycles. The van der Waals surface area contributed by atoms with Crippen LogP contribution in [0.2, 0.25) is 0 Å². The normalized spacial score (nSPS) is 10.6. The van der Waals surface area contributed by atoms with Gasteiger partial charge in [0.15, 0.2) is 0 Å². The van der Waals surface area contributed by atoms with Gasteiger partial charge < -0.3 is 0 Å². The number of benzene rings is 2. The third-order valence-electron chi connectivity index (χ3n) is 2.24. The highest BCUT2D eigenvalue weighted by Gasteiger charge is 2.00. The van der Waals surface area contributed by atoms with Crippen molar-refractivity contribution in [2.24, 2.45) is 0 Å². The zero-order valence-electron chi connectivity index (χ0n) is 8.59. The summed E-state index contributed by atoms with van der Waals surface area (Å²) in [6, 6.07) is 18.5. The highest BCUT2D eigenvalue weighted by molar-refractivity contribution is 7.71. The van der Waals surface area contributed by atoms with Gasteiger partial charge in [-0.25, -0.2) is 8.42 Å². The van der Waals surface area contributed by atoms with Crippen LogP contribution in [-0.2, 0) is 16.5 Å². The Morgan fingerprint density at radius 3 is 2.38 bits per heavy atom. The molecule has 0 aliphatic carbocycles. The Balaban J connectivity index is 2.36. The molecular formula is C13H11O2S. The molecule has 0 bridgehead atoms. The van der Waals surface area contributed by atoms with Crippen molar-refractivity contribution in [3.63, 3.8) is 0 Å². The average molecular weight is 231 g/mol. The minimum atomic E-state index is -2.39. The summed E-state index contributed by atoms with van der Waals surface area (Å²) in [4.78, 5) is 0. The van der Waals surface area contributed by atoms with E-state index >= 15 is 0 Å². The Labute approximate surface area is 96.5 Å². The van der Waals surface area contributed by atoms with Gasteiger partial charge in [0.25, 0.3) is 0 Å². The Morgan fingerprint density at radius 2 is 1.69 bits per heavy atom. The summed E-state index contributed by atoms with van der Waals surface area (Å²) in [6.45, 7) is 0. The lowest BCUT2D eigenvalue weighted by Gasteiger charge is -2.02. The van der Waals surface area contributed by atoms with Crippen LogP contribution in [0, 0.1) is 6.07 Å². The minimum Gasteiger partial charge on any atom is -0.232 e. The highest BCUT2D eigenvalue weighted by atomic mass is 32.2. The van der Waals surface area contributed by atoms with Crippen LogP contribution in [-0.4, -0.2) is 8.42 Å². The van der Waals surface area contributed by atoms with Crippen molar-refractivity contribution in [2.45, 2.75) is 5.75 Å². The van der Waals surface area contributed by atoms with E-state index in [1.165, 1.54) is 0 Å².